The molecule has 0 aliphatic rings. The predicted octanol–water partition coefficient (Wildman–Crippen LogP) is 3.68. The van der Waals surface area contributed by atoms with E-state index in [9.17, 15) is 4.79 Å². The fourth-order valence-electron chi connectivity index (χ4n) is 1.70. The van der Waals surface area contributed by atoms with Crippen molar-refractivity contribution in [2.45, 2.75) is 4.90 Å². The van der Waals surface area contributed by atoms with Crippen molar-refractivity contribution in [1.82, 2.24) is 0 Å². The van der Waals surface area contributed by atoms with Crippen LogP contribution in [0.1, 0.15) is 10.4 Å². The normalized spacial score (nSPS) is 10.1. The number of benzene rings is 2. The Kier molecular flexibility index (Phi) is 5.07. The Morgan fingerprint density at radius 2 is 1.85 bits per heavy atom. The molecule has 0 bridgehead atoms. The van der Waals surface area contributed by atoms with E-state index in [1.165, 1.54) is 0 Å². The number of hydrogen-bond donors (Lipinski definition) is 0. The molecule has 0 radical (unpaired) electrons. The lowest BCUT2D eigenvalue weighted by Crippen LogP contribution is -2.11. The largest absolute Gasteiger partial charge is 0.497 e. The SMILES string of the molecule is COc1cccc(C(=O)COc2ccc(SC)cc2)c1. The van der Waals surface area contributed by atoms with Gasteiger partial charge in [-0.05, 0) is 42.7 Å². The van der Waals surface area contributed by atoms with Crippen molar-refractivity contribution >= 4 is 17.5 Å². The molecule has 0 aliphatic heterocycles. The topological polar surface area (TPSA) is 35.5 Å². The first-order valence-corrected chi connectivity index (χ1v) is 7.39. The van der Waals surface area contributed by atoms with Crippen LogP contribution in [0.4, 0.5) is 0 Å². The maximum absolute atomic E-state index is 12.0. The van der Waals surface area contributed by atoms with Gasteiger partial charge in [0.1, 0.15) is 11.5 Å². The number of hydrogen-bond acceptors (Lipinski definition) is 4. The van der Waals surface area contributed by atoms with Gasteiger partial charge in [-0.2, -0.15) is 0 Å². The summed E-state index contributed by atoms with van der Waals surface area (Å²) in [5, 5.41) is 0. The Bertz CT molecular complexity index is 579. The van der Waals surface area contributed by atoms with Crippen LogP contribution in [0.3, 0.4) is 0 Å². The van der Waals surface area contributed by atoms with E-state index in [0.29, 0.717) is 17.1 Å². The number of carbonyl (C=O) groups is 1. The summed E-state index contributed by atoms with van der Waals surface area (Å²) >= 11 is 1.67. The number of rotatable bonds is 6. The van der Waals surface area contributed by atoms with Crippen LogP contribution in [0.5, 0.6) is 11.5 Å². The summed E-state index contributed by atoms with van der Waals surface area (Å²) in [6, 6.07) is 14.7. The Hall–Kier alpha value is -1.94. The molecule has 0 heterocycles. The minimum atomic E-state index is -0.0714. The first kappa shape index (κ1) is 14.5. The van der Waals surface area contributed by atoms with Crippen LogP contribution in [0.2, 0.25) is 0 Å². The van der Waals surface area contributed by atoms with E-state index in [-0.39, 0.29) is 12.4 Å². The monoisotopic (exact) mass is 288 g/mol. The average molecular weight is 288 g/mol. The zero-order chi connectivity index (χ0) is 14.4. The highest BCUT2D eigenvalue weighted by Crippen LogP contribution is 2.19. The summed E-state index contributed by atoms with van der Waals surface area (Å²) in [7, 11) is 1.58. The van der Waals surface area contributed by atoms with E-state index in [1.54, 1.807) is 43.1 Å². The van der Waals surface area contributed by atoms with E-state index in [1.807, 2.05) is 30.5 Å². The van der Waals surface area contributed by atoms with E-state index < -0.39 is 0 Å². The smallest absolute Gasteiger partial charge is 0.200 e. The highest BCUT2D eigenvalue weighted by molar-refractivity contribution is 7.98. The molecule has 2 aromatic carbocycles. The summed E-state index contributed by atoms with van der Waals surface area (Å²) in [6.45, 7) is 0.0196. The Balaban J connectivity index is 1.97. The molecule has 104 valence electrons. The number of ketones is 1. The number of carbonyl (C=O) groups excluding carboxylic acids is 1. The fourth-order valence-corrected chi connectivity index (χ4v) is 2.11. The van der Waals surface area contributed by atoms with E-state index in [2.05, 4.69) is 0 Å². The first-order valence-electron chi connectivity index (χ1n) is 6.17. The molecule has 0 atom stereocenters. The summed E-state index contributed by atoms with van der Waals surface area (Å²) in [4.78, 5) is 13.2. The molecule has 0 spiro atoms. The van der Waals surface area contributed by atoms with Gasteiger partial charge in [0.05, 0.1) is 7.11 Å². The Morgan fingerprint density at radius 3 is 2.50 bits per heavy atom. The van der Waals surface area contributed by atoms with E-state index >= 15 is 0 Å². The molecule has 2 aromatic rings. The third kappa shape index (κ3) is 3.78. The number of methoxy groups -OCH3 is 1. The second kappa shape index (κ2) is 7.01. The average Bonchev–Trinajstić information content (AvgIpc) is 2.53. The van der Waals surface area contributed by atoms with Crippen molar-refractivity contribution in [3.05, 3.63) is 54.1 Å². The molecular weight excluding hydrogens is 272 g/mol. The van der Waals surface area contributed by atoms with Gasteiger partial charge in [0.15, 0.2) is 12.4 Å². The van der Waals surface area contributed by atoms with Gasteiger partial charge < -0.3 is 9.47 Å². The van der Waals surface area contributed by atoms with Crippen molar-refractivity contribution in [2.75, 3.05) is 20.0 Å². The van der Waals surface area contributed by atoms with Crippen molar-refractivity contribution < 1.29 is 14.3 Å². The fraction of sp³-hybridized carbons (Fsp3) is 0.188. The molecule has 0 saturated heterocycles. The molecule has 4 heteroatoms. The molecule has 0 fully saturated rings. The molecule has 0 amide bonds. The van der Waals surface area contributed by atoms with Gasteiger partial charge >= 0.3 is 0 Å². The predicted molar refractivity (Wildman–Crippen MR) is 81.0 cm³/mol. The molecule has 3 nitrogen and oxygen atoms in total. The second-order valence-corrected chi connectivity index (χ2v) is 5.00. The molecule has 0 unspecified atom stereocenters. The van der Waals surface area contributed by atoms with Gasteiger partial charge in [0, 0.05) is 10.5 Å². The second-order valence-electron chi connectivity index (χ2n) is 4.12. The molecule has 0 aromatic heterocycles. The van der Waals surface area contributed by atoms with Crippen molar-refractivity contribution in [1.29, 1.82) is 0 Å². The molecule has 0 saturated carbocycles. The molecular formula is C16H16O3S. The van der Waals surface area contributed by atoms with Gasteiger partial charge in [-0.1, -0.05) is 12.1 Å². The van der Waals surface area contributed by atoms with Crippen molar-refractivity contribution in [3.63, 3.8) is 0 Å². The van der Waals surface area contributed by atoms with Gasteiger partial charge in [-0.15, -0.1) is 11.8 Å². The maximum atomic E-state index is 12.0. The van der Waals surface area contributed by atoms with Crippen LogP contribution in [-0.4, -0.2) is 25.8 Å². The van der Waals surface area contributed by atoms with Crippen LogP contribution < -0.4 is 9.47 Å². The van der Waals surface area contributed by atoms with Crippen LogP contribution in [-0.2, 0) is 0 Å². The van der Waals surface area contributed by atoms with Gasteiger partial charge in [-0.25, -0.2) is 0 Å². The maximum Gasteiger partial charge on any atom is 0.200 e. The molecule has 2 rings (SSSR count). The standard InChI is InChI=1S/C16H16O3S/c1-18-14-5-3-4-12(10-14)16(17)11-19-13-6-8-15(20-2)9-7-13/h3-10H,11H2,1-2H3. The summed E-state index contributed by atoms with van der Waals surface area (Å²) in [5.41, 5.74) is 0.588. The van der Waals surface area contributed by atoms with Gasteiger partial charge in [0.2, 0.25) is 0 Å². The summed E-state index contributed by atoms with van der Waals surface area (Å²) in [6.07, 6.45) is 2.02. The molecule has 20 heavy (non-hydrogen) atoms. The van der Waals surface area contributed by atoms with Gasteiger partial charge in [0.25, 0.3) is 0 Å². The number of thioether (sulfide) groups is 1. The van der Waals surface area contributed by atoms with E-state index in [0.717, 1.165) is 4.90 Å². The minimum Gasteiger partial charge on any atom is -0.497 e. The molecule has 0 N–H and O–H groups in total. The Morgan fingerprint density at radius 1 is 1.10 bits per heavy atom. The zero-order valence-electron chi connectivity index (χ0n) is 11.5. The minimum absolute atomic E-state index is 0.0196. The highest BCUT2D eigenvalue weighted by Gasteiger charge is 2.08. The van der Waals surface area contributed by atoms with Crippen molar-refractivity contribution in [3.8, 4) is 11.5 Å². The first-order chi connectivity index (χ1) is 9.72. The summed E-state index contributed by atoms with van der Waals surface area (Å²) < 4.78 is 10.6. The lowest BCUT2D eigenvalue weighted by Gasteiger charge is -2.07. The lowest BCUT2D eigenvalue weighted by molar-refractivity contribution is 0.0921. The highest BCUT2D eigenvalue weighted by atomic mass is 32.2. The van der Waals surface area contributed by atoms with E-state index in [4.69, 9.17) is 9.47 Å². The van der Waals surface area contributed by atoms with Gasteiger partial charge in [-0.3, -0.25) is 4.79 Å². The van der Waals surface area contributed by atoms with Crippen LogP contribution >= 0.6 is 11.8 Å². The van der Waals surface area contributed by atoms with Crippen LogP contribution in [0.15, 0.2) is 53.4 Å². The number of ether oxygens (including phenoxy) is 2. The van der Waals surface area contributed by atoms with Crippen molar-refractivity contribution in [2.24, 2.45) is 0 Å². The summed E-state index contributed by atoms with van der Waals surface area (Å²) in [5.74, 6) is 1.29. The number of Topliss-reactive ketones (excluding diaryl/α,β-unsaturated/α-hetero) is 1. The molecule has 0 aliphatic carbocycles. The van der Waals surface area contributed by atoms with Crippen LogP contribution in [0.25, 0.3) is 0 Å². The third-order valence-electron chi connectivity index (χ3n) is 2.82. The lowest BCUT2D eigenvalue weighted by atomic mass is 10.1. The van der Waals surface area contributed by atoms with Crippen LogP contribution in [0, 0.1) is 0 Å². The quantitative estimate of drug-likeness (QED) is 0.600. The Labute approximate surface area is 122 Å². The third-order valence-corrected chi connectivity index (χ3v) is 3.56. The zero-order valence-corrected chi connectivity index (χ0v) is 12.3.